The number of nitrogens with zero attached hydrogens (tertiary/aromatic N) is 2. The summed E-state index contributed by atoms with van der Waals surface area (Å²) in [7, 11) is 0. The number of aromatic nitrogens is 1. The lowest BCUT2D eigenvalue weighted by atomic mass is 9.72. The van der Waals surface area contributed by atoms with Gasteiger partial charge in [-0.3, -0.25) is 9.69 Å². The monoisotopic (exact) mass is 299 g/mol. The summed E-state index contributed by atoms with van der Waals surface area (Å²) in [5.41, 5.74) is 1.90. The molecule has 116 valence electrons. The molecule has 5 heteroatoms. The van der Waals surface area contributed by atoms with Crippen LogP contribution in [0.1, 0.15) is 37.2 Å². The highest BCUT2D eigenvalue weighted by molar-refractivity contribution is 5.94. The summed E-state index contributed by atoms with van der Waals surface area (Å²) < 4.78 is 5.28. The molecule has 2 aromatic heterocycles. The van der Waals surface area contributed by atoms with Gasteiger partial charge in [-0.25, -0.2) is 4.98 Å². The maximum atomic E-state index is 12.6. The zero-order valence-corrected chi connectivity index (χ0v) is 13.0. The van der Waals surface area contributed by atoms with Gasteiger partial charge in [0.1, 0.15) is 11.2 Å². The molecule has 5 heterocycles. The van der Waals surface area contributed by atoms with E-state index in [0.717, 1.165) is 18.6 Å². The second-order valence-corrected chi connectivity index (χ2v) is 6.93. The SMILES string of the molecule is CC1(C)C(NC(=O)c2ccc3occc3n2)C2CCN1CC2. The molecule has 3 aliphatic heterocycles. The number of piperidine rings is 3. The maximum Gasteiger partial charge on any atom is 0.270 e. The third-order valence-electron chi connectivity index (χ3n) is 5.41. The molecule has 1 N–H and O–H groups in total. The van der Waals surface area contributed by atoms with Gasteiger partial charge in [-0.05, 0) is 57.8 Å². The molecule has 2 aromatic rings. The van der Waals surface area contributed by atoms with Gasteiger partial charge in [0, 0.05) is 17.6 Å². The van der Waals surface area contributed by atoms with Crippen LogP contribution in [0.2, 0.25) is 0 Å². The molecule has 3 saturated heterocycles. The largest absolute Gasteiger partial charge is 0.463 e. The topological polar surface area (TPSA) is 58.4 Å². The highest BCUT2D eigenvalue weighted by atomic mass is 16.3. The Bertz CT molecular complexity index is 714. The summed E-state index contributed by atoms with van der Waals surface area (Å²) in [6.45, 7) is 6.75. The van der Waals surface area contributed by atoms with Gasteiger partial charge in [-0.15, -0.1) is 0 Å². The van der Waals surface area contributed by atoms with Crippen molar-refractivity contribution < 1.29 is 9.21 Å². The first-order valence-corrected chi connectivity index (χ1v) is 7.96. The second kappa shape index (κ2) is 4.81. The molecule has 1 unspecified atom stereocenters. The van der Waals surface area contributed by atoms with E-state index >= 15 is 0 Å². The molecule has 1 atom stereocenters. The van der Waals surface area contributed by atoms with Crippen LogP contribution in [0, 0.1) is 5.92 Å². The summed E-state index contributed by atoms with van der Waals surface area (Å²) in [5, 5.41) is 3.24. The predicted molar refractivity (Wildman–Crippen MR) is 83.6 cm³/mol. The molecule has 3 aliphatic rings. The second-order valence-electron chi connectivity index (χ2n) is 6.93. The van der Waals surface area contributed by atoms with Crippen LogP contribution in [0.25, 0.3) is 11.1 Å². The number of pyridine rings is 1. The van der Waals surface area contributed by atoms with Gasteiger partial charge in [-0.1, -0.05) is 0 Å². The van der Waals surface area contributed by atoms with E-state index in [-0.39, 0.29) is 17.5 Å². The van der Waals surface area contributed by atoms with Crippen molar-refractivity contribution in [2.75, 3.05) is 13.1 Å². The van der Waals surface area contributed by atoms with E-state index in [9.17, 15) is 4.79 Å². The fourth-order valence-corrected chi connectivity index (χ4v) is 4.07. The molecular formula is C17H21N3O2. The lowest BCUT2D eigenvalue weighted by Gasteiger charge is -2.56. The number of hydrogen-bond donors (Lipinski definition) is 1. The normalized spacial score (nSPS) is 29.6. The number of carbonyl (C=O) groups is 1. The van der Waals surface area contributed by atoms with Crippen LogP contribution in [-0.2, 0) is 0 Å². The van der Waals surface area contributed by atoms with Gasteiger partial charge in [0.2, 0.25) is 0 Å². The standard InChI is InChI=1S/C17H21N3O2/c1-17(2)15(11-5-8-20(17)9-6-11)19-16(21)13-3-4-14-12(18-13)7-10-22-14/h3-4,7,10-11,15H,5-6,8-9H2,1-2H3,(H,19,21). The highest BCUT2D eigenvalue weighted by Crippen LogP contribution is 2.39. The quantitative estimate of drug-likeness (QED) is 0.925. The molecule has 2 bridgehead atoms. The molecular weight excluding hydrogens is 278 g/mol. The summed E-state index contributed by atoms with van der Waals surface area (Å²) >= 11 is 0. The van der Waals surface area contributed by atoms with E-state index in [4.69, 9.17) is 4.42 Å². The highest BCUT2D eigenvalue weighted by Gasteiger charge is 2.48. The van der Waals surface area contributed by atoms with Crippen LogP contribution in [0.4, 0.5) is 0 Å². The number of rotatable bonds is 2. The summed E-state index contributed by atoms with van der Waals surface area (Å²) in [6, 6.07) is 5.50. The van der Waals surface area contributed by atoms with Crippen LogP contribution in [0.15, 0.2) is 28.9 Å². The van der Waals surface area contributed by atoms with Gasteiger partial charge >= 0.3 is 0 Å². The van der Waals surface area contributed by atoms with E-state index in [1.165, 1.54) is 12.8 Å². The first-order chi connectivity index (χ1) is 10.6. The van der Waals surface area contributed by atoms with E-state index in [2.05, 4.69) is 29.0 Å². The molecule has 0 radical (unpaired) electrons. The predicted octanol–water partition coefficient (Wildman–Crippen LogP) is 2.43. The van der Waals surface area contributed by atoms with Crippen molar-refractivity contribution in [1.82, 2.24) is 15.2 Å². The van der Waals surface area contributed by atoms with Crippen molar-refractivity contribution in [3.8, 4) is 0 Å². The fourth-order valence-electron chi connectivity index (χ4n) is 4.07. The lowest BCUT2D eigenvalue weighted by Crippen LogP contribution is -2.69. The molecule has 5 nitrogen and oxygen atoms in total. The Morgan fingerprint density at radius 3 is 2.82 bits per heavy atom. The fraction of sp³-hybridized carbons (Fsp3) is 0.529. The molecule has 22 heavy (non-hydrogen) atoms. The Morgan fingerprint density at radius 1 is 1.32 bits per heavy atom. The lowest BCUT2D eigenvalue weighted by molar-refractivity contribution is -0.0378. The van der Waals surface area contributed by atoms with Crippen molar-refractivity contribution in [1.29, 1.82) is 0 Å². The first-order valence-electron chi connectivity index (χ1n) is 7.96. The molecule has 0 saturated carbocycles. The first kappa shape index (κ1) is 13.8. The number of hydrogen-bond acceptors (Lipinski definition) is 4. The Labute approximate surface area is 129 Å². The van der Waals surface area contributed by atoms with Crippen LogP contribution < -0.4 is 5.32 Å². The van der Waals surface area contributed by atoms with Gasteiger partial charge in [0.15, 0.2) is 5.58 Å². The third kappa shape index (κ3) is 2.03. The number of carbonyl (C=O) groups excluding carboxylic acids is 1. The maximum absolute atomic E-state index is 12.6. The number of fused-ring (bicyclic) bond motifs is 4. The van der Waals surface area contributed by atoms with Gasteiger partial charge in [0.25, 0.3) is 5.91 Å². The number of nitrogens with one attached hydrogen (secondary N) is 1. The van der Waals surface area contributed by atoms with Gasteiger partial charge in [0.05, 0.1) is 6.26 Å². The zero-order valence-electron chi connectivity index (χ0n) is 13.0. The zero-order chi connectivity index (χ0) is 15.3. The molecule has 5 rings (SSSR count). The number of furan rings is 1. The van der Waals surface area contributed by atoms with Crippen LogP contribution in [0.3, 0.4) is 0 Å². The van der Waals surface area contributed by atoms with Crippen molar-refractivity contribution in [2.45, 2.75) is 38.3 Å². The minimum Gasteiger partial charge on any atom is -0.463 e. The Morgan fingerprint density at radius 2 is 2.09 bits per heavy atom. The van der Waals surface area contributed by atoms with E-state index in [1.54, 1.807) is 24.5 Å². The van der Waals surface area contributed by atoms with Crippen molar-refractivity contribution >= 4 is 17.0 Å². The van der Waals surface area contributed by atoms with Crippen molar-refractivity contribution in [3.63, 3.8) is 0 Å². The average molecular weight is 299 g/mol. The van der Waals surface area contributed by atoms with Crippen LogP contribution >= 0.6 is 0 Å². The Balaban J connectivity index is 1.58. The molecule has 1 amide bonds. The Hall–Kier alpha value is -1.88. The smallest absolute Gasteiger partial charge is 0.270 e. The Kier molecular flexibility index (Phi) is 3.01. The average Bonchev–Trinajstić information content (AvgIpc) is 2.98. The number of amides is 1. The van der Waals surface area contributed by atoms with Gasteiger partial charge < -0.3 is 9.73 Å². The summed E-state index contributed by atoms with van der Waals surface area (Å²) in [5.74, 6) is 0.483. The summed E-state index contributed by atoms with van der Waals surface area (Å²) in [6.07, 6.45) is 3.93. The van der Waals surface area contributed by atoms with Crippen molar-refractivity contribution in [2.24, 2.45) is 5.92 Å². The van der Waals surface area contributed by atoms with E-state index in [0.29, 0.717) is 17.2 Å². The van der Waals surface area contributed by atoms with E-state index in [1.807, 2.05) is 0 Å². The minimum atomic E-state index is -0.0880. The van der Waals surface area contributed by atoms with E-state index < -0.39 is 0 Å². The molecule has 0 aliphatic carbocycles. The third-order valence-corrected chi connectivity index (χ3v) is 5.41. The molecule has 0 aromatic carbocycles. The molecule has 3 fully saturated rings. The summed E-state index contributed by atoms with van der Waals surface area (Å²) in [4.78, 5) is 19.5. The van der Waals surface area contributed by atoms with Crippen LogP contribution in [0.5, 0.6) is 0 Å². The van der Waals surface area contributed by atoms with Crippen LogP contribution in [-0.4, -0.2) is 40.5 Å². The van der Waals surface area contributed by atoms with Gasteiger partial charge in [-0.2, -0.15) is 0 Å². The molecule has 0 spiro atoms. The minimum absolute atomic E-state index is 0.0105. The van der Waals surface area contributed by atoms with Crippen molar-refractivity contribution in [3.05, 3.63) is 30.2 Å².